The second-order valence-electron chi connectivity index (χ2n) is 4.48. The van der Waals surface area contributed by atoms with Gasteiger partial charge in [-0.2, -0.15) is 0 Å². The van der Waals surface area contributed by atoms with Crippen LogP contribution < -0.4 is 5.32 Å². The van der Waals surface area contributed by atoms with Crippen LogP contribution in [0.15, 0.2) is 24.3 Å². The average Bonchev–Trinajstić information content (AvgIpc) is 2.14. The average molecular weight is 189 g/mol. The summed E-state index contributed by atoms with van der Waals surface area (Å²) in [5.74, 6) is 0. The molecule has 0 radical (unpaired) electrons. The molecule has 0 bridgehead atoms. The number of hydrogen-bond donors (Lipinski definition) is 1. The molecule has 0 amide bonds. The van der Waals surface area contributed by atoms with E-state index in [4.69, 9.17) is 0 Å². The van der Waals surface area contributed by atoms with Crippen molar-refractivity contribution in [3.05, 3.63) is 35.4 Å². The van der Waals surface area contributed by atoms with E-state index in [1.54, 1.807) is 5.56 Å². The Morgan fingerprint density at radius 3 is 2.57 bits per heavy atom. The highest BCUT2D eigenvalue weighted by molar-refractivity contribution is 5.28. The molecule has 76 valence electrons. The molecule has 1 N–H and O–H groups in total. The SMILES string of the molecule is CC1CCc2ccccc2CC(C)N1. The Hall–Kier alpha value is -0.820. The van der Waals surface area contributed by atoms with Crippen LogP contribution in [0.25, 0.3) is 0 Å². The van der Waals surface area contributed by atoms with E-state index in [0.29, 0.717) is 12.1 Å². The lowest BCUT2D eigenvalue weighted by molar-refractivity contribution is 0.432. The molecular weight excluding hydrogens is 170 g/mol. The molecule has 0 spiro atoms. The lowest BCUT2D eigenvalue weighted by Crippen LogP contribution is -2.37. The van der Waals surface area contributed by atoms with Crippen molar-refractivity contribution in [1.82, 2.24) is 5.32 Å². The minimum atomic E-state index is 0.603. The highest BCUT2D eigenvalue weighted by Crippen LogP contribution is 2.17. The number of rotatable bonds is 0. The number of nitrogens with one attached hydrogen (secondary N) is 1. The standard InChI is InChI=1S/C13H19N/c1-10-7-8-12-5-3-4-6-13(12)9-11(2)14-10/h3-6,10-11,14H,7-9H2,1-2H3. The predicted molar refractivity (Wildman–Crippen MR) is 60.5 cm³/mol. The molecule has 1 nitrogen and oxygen atoms in total. The van der Waals surface area contributed by atoms with E-state index in [0.717, 1.165) is 0 Å². The summed E-state index contributed by atoms with van der Waals surface area (Å²) in [6.07, 6.45) is 3.64. The van der Waals surface area contributed by atoms with Gasteiger partial charge in [0.25, 0.3) is 0 Å². The first-order valence-corrected chi connectivity index (χ1v) is 5.58. The summed E-state index contributed by atoms with van der Waals surface area (Å²) in [5.41, 5.74) is 3.08. The van der Waals surface area contributed by atoms with Crippen LogP contribution in [-0.2, 0) is 12.8 Å². The van der Waals surface area contributed by atoms with Crippen molar-refractivity contribution < 1.29 is 0 Å². The van der Waals surface area contributed by atoms with Crippen molar-refractivity contribution in [2.45, 2.75) is 45.2 Å². The summed E-state index contributed by atoms with van der Waals surface area (Å²) in [7, 11) is 0. The van der Waals surface area contributed by atoms with E-state index in [-0.39, 0.29) is 0 Å². The first kappa shape index (κ1) is 9.72. The van der Waals surface area contributed by atoms with Crippen LogP contribution in [-0.4, -0.2) is 12.1 Å². The minimum absolute atomic E-state index is 0.603. The van der Waals surface area contributed by atoms with Crippen LogP contribution in [0.4, 0.5) is 0 Å². The lowest BCUT2D eigenvalue weighted by atomic mass is 9.93. The zero-order valence-electron chi connectivity index (χ0n) is 9.09. The Morgan fingerprint density at radius 2 is 1.79 bits per heavy atom. The first-order valence-electron chi connectivity index (χ1n) is 5.58. The van der Waals surface area contributed by atoms with Crippen LogP contribution >= 0.6 is 0 Å². The fraction of sp³-hybridized carbons (Fsp3) is 0.538. The molecule has 1 heterocycles. The van der Waals surface area contributed by atoms with E-state index in [1.807, 2.05) is 0 Å². The molecule has 1 aromatic carbocycles. The third kappa shape index (κ3) is 2.16. The van der Waals surface area contributed by atoms with Gasteiger partial charge in [-0.25, -0.2) is 0 Å². The maximum Gasteiger partial charge on any atom is 0.00817 e. The van der Waals surface area contributed by atoms with Crippen molar-refractivity contribution in [1.29, 1.82) is 0 Å². The maximum absolute atomic E-state index is 3.62. The van der Waals surface area contributed by atoms with Crippen molar-refractivity contribution >= 4 is 0 Å². The molecule has 0 saturated carbocycles. The zero-order valence-corrected chi connectivity index (χ0v) is 9.09. The molecular formula is C13H19N. The monoisotopic (exact) mass is 189 g/mol. The Morgan fingerprint density at radius 1 is 1.07 bits per heavy atom. The predicted octanol–water partition coefficient (Wildman–Crippen LogP) is 2.54. The van der Waals surface area contributed by atoms with Crippen molar-refractivity contribution in [3.63, 3.8) is 0 Å². The molecule has 2 rings (SSSR count). The molecule has 0 aromatic heterocycles. The summed E-state index contributed by atoms with van der Waals surface area (Å²) in [4.78, 5) is 0. The molecule has 1 aliphatic rings. The number of hydrogen-bond acceptors (Lipinski definition) is 1. The smallest absolute Gasteiger partial charge is 0.00817 e. The van der Waals surface area contributed by atoms with E-state index < -0.39 is 0 Å². The highest BCUT2D eigenvalue weighted by Gasteiger charge is 2.14. The van der Waals surface area contributed by atoms with Crippen LogP contribution in [0.5, 0.6) is 0 Å². The molecule has 0 aliphatic carbocycles. The lowest BCUT2D eigenvalue weighted by Gasteiger charge is -2.24. The summed E-state index contributed by atoms with van der Waals surface area (Å²) >= 11 is 0. The molecule has 1 aliphatic heterocycles. The van der Waals surface area contributed by atoms with Crippen LogP contribution in [0.3, 0.4) is 0 Å². The largest absolute Gasteiger partial charge is 0.311 e. The van der Waals surface area contributed by atoms with Gasteiger partial charge in [-0.1, -0.05) is 24.3 Å². The molecule has 2 unspecified atom stereocenters. The van der Waals surface area contributed by atoms with Gasteiger partial charge in [0, 0.05) is 12.1 Å². The van der Waals surface area contributed by atoms with Crippen LogP contribution in [0.1, 0.15) is 31.4 Å². The van der Waals surface area contributed by atoms with Crippen LogP contribution in [0.2, 0.25) is 0 Å². The number of aryl methyl sites for hydroxylation is 1. The van der Waals surface area contributed by atoms with Gasteiger partial charge >= 0.3 is 0 Å². The quantitative estimate of drug-likeness (QED) is 0.661. The van der Waals surface area contributed by atoms with Gasteiger partial charge in [0.05, 0.1) is 0 Å². The van der Waals surface area contributed by atoms with E-state index in [1.165, 1.54) is 24.8 Å². The van der Waals surface area contributed by atoms with Crippen molar-refractivity contribution in [2.24, 2.45) is 0 Å². The Balaban J connectivity index is 2.24. The highest BCUT2D eigenvalue weighted by atomic mass is 14.9. The van der Waals surface area contributed by atoms with E-state index in [9.17, 15) is 0 Å². The van der Waals surface area contributed by atoms with Crippen molar-refractivity contribution in [2.75, 3.05) is 0 Å². The second kappa shape index (κ2) is 4.14. The Kier molecular flexibility index (Phi) is 2.87. The van der Waals surface area contributed by atoms with Gasteiger partial charge in [0.2, 0.25) is 0 Å². The molecule has 1 heteroatoms. The fourth-order valence-electron chi connectivity index (χ4n) is 2.33. The molecule has 0 fully saturated rings. The Labute approximate surface area is 86.5 Å². The molecule has 2 atom stereocenters. The Bertz CT molecular complexity index is 306. The van der Waals surface area contributed by atoms with Gasteiger partial charge < -0.3 is 5.32 Å². The topological polar surface area (TPSA) is 12.0 Å². The number of benzene rings is 1. The maximum atomic E-state index is 3.62. The van der Waals surface area contributed by atoms with Gasteiger partial charge in [0.1, 0.15) is 0 Å². The fourth-order valence-corrected chi connectivity index (χ4v) is 2.33. The molecule has 14 heavy (non-hydrogen) atoms. The van der Waals surface area contributed by atoms with Gasteiger partial charge in [-0.3, -0.25) is 0 Å². The zero-order chi connectivity index (χ0) is 9.97. The van der Waals surface area contributed by atoms with E-state index >= 15 is 0 Å². The van der Waals surface area contributed by atoms with Gasteiger partial charge in [-0.15, -0.1) is 0 Å². The molecule has 0 saturated heterocycles. The number of fused-ring (bicyclic) bond motifs is 1. The summed E-state index contributed by atoms with van der Waals surface area (Å²) in [6, 6.07) is 10.1. The summed E-state index contributed by atoms with van der Waals surface area (Å²) < 4.78 is 0. The van der Waals surface area contributed by atoms with Gasteiger partial charge in [-0.05, 0) is 44.2 Å². The van der Waals surface area contributed by atoms with Crippen molar-refractivity contribution in [3.8, 4) is 0 Å². The second-order valence-corrected chi connectivity index (χ2v) is 4.48. The molecule has 1 aromatic rings. The van der Waals surface area contributed by atoms with Crippen LogP contribution in [0, 0.1) is 0 Å². The summed E-state index contributed by atoms with van der Waals surface area (Å²) in [5, 5.41) is 3.62. The summed E-state index contributed by atoms with van der Waals surface area (Å²) in [6.45, 7) is 4.56. The van der Waals surface area contributed by atoms with Gasteiger partial charge in [0.15, 0.2) is 0 Å². The minimum Gasteiger partial charge on any atom is -0.311 e. The first-order chi connectivity index (χ1) is 6.75. The van der Waals surface area contributed by atoms with E-state index in [2.05, 4.69) is 43.4 Å². The third-order valence-corrected chi connectivity index (χ3v) is 3.06. The normalized spacial score (nSPS) is 27.6. The third-order valence-electron chi connectivity index (χ3n) is 3.06.